The van der Waals surface area contributed by atoms with Crippen LogP contribution in [0.3, 0.4) is 0 Å². The van der Waals surface area contributed by atoms with E-state index in [2.05, 4.69) is 18.7 Å². The van der Waals surface area contributed by atoms with Crippen LogP contribution in [0.1, 0.15) is 0 Å². The standard InChI is InChI=1S/C16H12O10S3/c17-11-5-12(27-25-23-18)8-2-3-9-13(28-26-24-19)6-14(29(20,21)22)10-4-1-7(11)15(8)16(9)10/h1-6,15-19H,(H,20,21,22). The third-order valence-electron chi connectivity index (χ3n) is 4.82. The van der Waals surface area contributed by atoms with Gasteiger partial charge in [-0.3, -0.25) is 4.55 Å². The SMILES string of the molecule is O=S(=O)(O)C1=C2C=CC3=C(O)C=C(SOOO)C4=CC=C(C(SOOO)=C1)C2C43. The molecule has 4 N–H and O–H groups in total. The Bertz CT molecular complexity index is 1070. The molecule has 4 aliphatic carbocycles. The quantitative estimate of drug-likeness (QED) is 0.190. The molecule has 4 aliphatic rings. The normalized spacial score (nSPS) is 25.3. The maximum Gasteiger partial charge on any atom is 0.294 e. The van der Waals surface area contributed by atoms with Gasteiger partial charge in [0.05, 0.1) is 29.0 Å². The van der Waals surface area contributed by atoms with Crippen LogP contribution in [0.15, 0.2) is 79.2 Å². The second-order valence-corrected chi connectivity index (χ2v) is 9.01. The first-order valence-electron chi connectivity index (χ1n) is 7.85. The Hall–Kier alpha value is -1.65. The van der Waals surface area contributed by atoms with E-state index in [1.54, 1.807) is 18.2 Å². The third kappa shape index (κ3) is 3.55. The molecule has 4 rings (SSSR count). The summed E-state index contributed by atoms with van der Waals surface area (Å²) in [5, 5.41) is 34.6. The number of hydrogen-bond donors (Lipinski definition) is 4. The first-order valence-corrected chi connectivity index (χ1v) is 10.8. The van der Waals surface area contributed by atoms with Crippen molar-refractivity contribution in [3.8, 4) is 0 Å². The molecule has 0 bridgehead atoms. The Morgan fingerprint density at radius 1 is 0.862 bits per heavy atom. The maximum atomic E-state index is 12.0. The first kappa shape index (κ1) is 20.6. The number of hydrogen-bond acceptors (Lipinski definition) is 11. The minimum Gasteiger partial charge on any atom is -0.508 e. The second-order valence-electron chi connectivity index (χ2n) is 6.14. The fourth-order valence-corrected chi connectivity index (χ4v) is 5.78. The Morgan fingerprint density at radius 3 is 1.93 bits per heavy atom. The van der Waals surface area contributed by atoms with Crippen molar-refractivity contribution in [1.29, 1.82) is 0 Å². The van der Waals surface area contributed by atoms with Gasteiger partial charge in [-0.25, -0.2) is 10.5 Å². The molecule has 2 unspecified atom stereocenters. The molecule has 0 aromatic rings. The molecule has 0 aliphatic heterocycles. The Balaban J connectivity index is 1.92. The van der Waals surface area contributed by atoms with E-state index in [0.717, 1.165) is 0 Å². The number of aliphatic hydroxyl groups excluding tert-OH is 1. The van der Waals surface area contributed by atoms with E-state index >= 15 is 0 Å². The highest BCUT2D eigenvalue weighted by atomic mass is 32.2. The molecule has 0 fully saturated rings. The molecule has 13 heteroatoms. The van der Waals surface area contributed by atoms with E-state index in [0.29, 0.717) is 51.3 Å². The van der Waals surface area contributed by atoms with Crippen LogP contribution in [-0.2, 0) is 28.9 Å². The van der Waals surface area contributed by atoms with Gasteiger partial charge in [0.25, 0.3) is 10.1 Å². The lowest BCUT2D eigenvalue weighted by atomic mass is 9.64. The van der Waals surface area contributed by atoms with Crippen molar-refractivity contribution in [1.82, 2.24) is 0 Å². The van der Waals surface area contributed by atoms with E-state index < -0.39 is 22.0 Å². The van der Waals surface area contributed by atoms with Crippen molar-refractivity contribution in [2.75, 3.05) is 0 Å². The predicted octanol–water partition coefficient (Wildman–Crippen LogP) is 3.54. The molecule has 0 heterocycles. The first-order chi connectivity index (χ1) is 13.9. The predicted molar refractivity (Wildman–Crippen MR) is 101 cm³/mol. The lowest BCUT2D eigenvalue weighted by Gasteiger charge is -2.42. The fraction of sp³-hybridized carbons (Fsp3) is 0.125. The zero-order chi connectivity index (χ0) is 20.8. The molecular weight excluding hydrogens is 448 g/mol. The van der Waals surface area contributed by atoms with Gasteiger partial charge in [0.15, 0.2) is 0 Å². The van der Waals surface area contributed by atoms with Crippen LogP contribution in [0, 0.1) is 11.8 Å². The van der Waals surface area contributed by atoms with Crippen molar-refractivity contribution in [3.05, 3.63) is 79.2 Å². The van der Waals surface area contributed by atoms with Gasteiger partial charge in [0.2, 0.25) is 0 Å². The zero-order valence-electron chi connectivity index (χ0n) is 14.1. The Kier molecular flexibility index (Phi) is 5.60. The number of aliphatic hydroxyl groups is 1. The van der Waals surface area contributed by atoms with Crippen LogP contribution in [0.25, 0.3) is 0 Å². The summed E-state index contributed by atoms with van der Waals surface area (Å²) >= 11 is 1.23. The summed E-state index contributed by atoms with van der Waals surface area (Å²) in [6, 6.07) is 0. The van der Waals surface area contributed by atoms with Gasteiger partial charge >= 0.3 is 0 Å². The van der Waals surface area contributed by atoms with Gasteiger partial charge in [-0.1, -0.05) is 34.4 Å². The molecule has 0 spiro atoms. The molecule has 0 amide bonds. The van der Waals surface area contributed by atoms with Gasteiger partial charge in [-0.15, -0.1) is 8.67 Å². The summed E-state index contributed by atoms with van der Waals surface area (Å²) < 4.78 is 42.7. The number of allylic oxidation sites excluding steroid dienone is 10. The van der Waals surface area contributed by atoms with Crippen LogP contribution in [0.4, 0.5) is 0 Å². The minimum atomic E-state index is -4.59. The van der Waals surface area contributed by atoms with Gasteiger partial charge in [0.1, 0.15) is 5.76 Å². The molecule has 10 nitrogen and oxygen atoms in total. The van der Waals surface area contributed by atoms with E-state index in [9.17, 15) is 18.1 Å². The Morgan fingerprint density at radius 2 is 1.38 bits per heavy atom. The number of rotatable bonds is 7. The molecule has 154 valence electrons. The smallest absolute Gasteiger partial charge is 0.294 e. The molecule has 0 aromatic heterocycles. The van der Waals surface area contributed by atoms with E-state index in [4.69, 9.17) is 10.5 Å². The van der Waals surface area contributed by atoms with Crippen LogP contribution in [0.2, 0.25) is 0 Å². The lowest BCUT2D eigenvalue weighted by Crippen LogP contribution is -2.33. The van der Waals surface area contributed by atoms with Crippen molar-refractivity contribution < 1.29 is 47.3 Å². The molecular formula is C16H12O10S3. The molecule has 0 aromatic carbocycles. The summed E-state index contributed by atoms with van der Waals surface area (Å²) in [6.07, 6.45) is 9.20. The highest BCUT2D eigenvalue weighted by Crippen LogP contribution is 2.56. The summed E-state index contributed by atoms with van der Waals surface area (Å²) in [4.78, 5) is 0.379. The van der Waals surface area contributed by atoms with Gasteiger partial charge < -0.3 is 5.11 Å². The van der Waals surface area contributed by atoms with E-state index in [-0.39, 0.29) is 15.6 Å². The van der Waals surface area contributed by atoms with Crippen molar-refractivity contribution in [2.24, 2.45) is 11.8 Å². The highest BCUT2D eigenvalue weighted by molar-refractivity contribution is 7.99. The maximum absolute atomic E-state index is 12.0. The van der Waals surface area contributed by atoms with Crippen LogP contribution >= 0.6 is 24.1 Å². The minimum absolute atomic E-state index is 0.0696. The van der Waals surface area contributed by atoms with Gasteiger partial charge in [0, 0.05) is 27.2 Å². The van der Waals surface area contributed by atoms with Gasteiger partial charge in [-0.05, 0) is 28.9 Å². The van der Waals surface area contributed by atoms with Crippen LogP contribution in [-0.4, -0.2) is 28.6 Å². The molecule has 0 radical (unpaired) electrons. The average Bonchev–Trinajstić information content (AvgIpc) is 2.69. The second kappa shape index (κ2) is 7.88. The molecule has 0 saturated carbocycles. The monoisotopic (exact) mass is 460 g/mol. The highest BCUT2D eigenvalue weighted by Gasteiger charge is 2.45. The average molecular weight is 460 g/mol. The van der Waals surface area contributed by atoms with Crippen molar-refractivity contribution in [3.63, 3.8) is 0 Å². The summed E-state index contributed by atoms with van der Waals surface area (Å²) in [6.45, 7) is 0. The largest absolute Gasteiger partial charge is 0.508 e. The van der Waals surface area contributed by atoms with Crippen LogP contribution in [0.5, 0.6) is 0 Å². The fourth-order valence-electron chi connectivity index (χ4n) is 3.83. The third-order valence-corrected chi connectivity index (χ3v) is 7.06. The lowest BCUT2D eigenvalue weighted by molar-refractivity contribution is -0.431. The Labute approximate surface area is 172 Å². The summed E-state index contributed by atoms with van der Waals surface area (Å²) in [7, 11) is -4.59. The van der Waals surface area contributed by atoms with Crippen molar-refractivity contribution >= 4 is 34.2 Å². The van der Waals surface area contributed by atoms with Crippen LogP contribution < -0.4 is 0 Å². The van der Waals surface area contributed by atoms with Crippen molar-refractivity contribution in [2.45, 2.75) is 0 Å². The zero-order valence-corrected chi connectivity index (χ0v) is 16.5. The molecule has 2 atom stereocenters. The van der Waals surface area contributed by atoms with E-state index in [1.807, 2.05) is 0 Å². The summed E-state index contributed by atoms with van der Waals surface area (Å²) in [5.74, 6) is -1.18. The van der Waals surface area contributed by atoms with E-state index in [1.165, 1.54) is 18.2 Å². The topological polar surface area (TPSA) is 152 Å². The molecule has 0 saturated heterocycles. The molecule has 29 heavy (non-hydrogen) atoms. The van der Waals surface area contributed by atoms with Gasteiger partial charge in [-0.2, -0.15) is 8.42 Å². The summed E-state index contributed by atoms with van der Waals surface area (Å²) in [5.41, 5.74) is 2.16.